The molecule has 2 N–H and O–H groups in total. The van der Waals surface area contributed by atoms with E-state index in [1.807, 2.05) is 30.3 Å². The molecule has 0 unspecified atom stereocenters. The standard InChI is InChI=1S/C14H19NO4/c1-11(16)15-14(2,13(17)18)8-9-19-10-12-6-4-3-5-7-12/h3-7H,8-10H2,1-2H3,(H,15,16)(H,17,18)/t14-/m1/s1. The summed E-state index contributed by atoms with van der Waals surface area (Å²) >= 11 is 0. The van der Waals surface area contributed by atoms with Crippen LogP contribution in [0.15, 0.2) is 30.3 Å². The number of amides is 1. The highest BCUT2D eigenvalue weighted by molar-refractivity contribution is 5.85. The molecule has 1 aromatic carbocycles. The number of rotatable bonds is 7. The highest BCUT2D eigenvalue weighted by Crippen LogP contribution is 2.11. The molecule has 1 atom stereocenters. The number of carboxylic acids is 1. The van der Waals surface area contributed by atoms with Crippen LogP contribution in [-0.2, 0) is 20.9 Å². The second kappa shape index (κ2) is 6.89. The van der Waals surface area contributed by atoms with Gasteiger partial charge in [-0.1, -0.05) is 30.3 Å². The molecule has 0 saturated heterocycles. The van der Waals surface area contributed by atoms with Gasteiger partial charge in [-0.2, -0.15) is 0 Å². The largest absolute Gasteiger partial charge is 0.480 e. The van der Waals surface area contributed by atoms with Crippen LogP contribution in [0.5, 0.6) is 0 Å². The molecule has 0 aliphatic rings. The van der Waals surface area contributed by atoms with Crippen molar-refractivity contribution in [3.63, 3.8) is 0 Å². The normalized spacial score (nSPS) is 13.6. The van der Waals surface area contributed by atoms with E-state index in [1.54, 1.807) is 0 Å². The van der Waals surface area contributed by atoms with Crippen molar-refractivity contribution in [1.29, 1.82) is 0 Å². The highest BCUT2D eigenvalue weighted by atomic mass is 16.5. The molecule has 0 spiro atoms. The van der Waals surface area contributed by atoms with Gasteiger partial charge in [0, 0.05) is 20.0 Å². The van der Waals surface area contributed by atoms with Gasteiger partial charge in [0.15, 0.2) is 0 Å². The predicted octanol–water partition coefficient (Wildman–Crippen LogP) is 1.57. The van der Waals surface area contributed by atoms with E-state index in [-0.39, 0.29) is 18.9 Å². The van der Waals surface area contributed by atoms with Gasteiger partial charge in [-0.15, -0.1) is 0 Å². The molecule has 0 radical (unpaired) electrons. The Bertz CT molecular complexity index is 432. The summed E-state index contributed by atoms with van der Waals surface area (Å²) in [7, 11) is 0. The Balaban J connectivity index is 2.41. The maximum absolute atomic E-state index is 11.2. The van der Waals surface area contributed by atoms with Crippen LogP contribution < -0.4 is 5.32 Å². The molecule has 0 aliphatic carbocycles. The fraction of sp³-hybridized carbons (Fsp3) is 0.429. The van der Waals surface area contributed by atoms with E-state index in [1.165, 1.54) is 13.8 Å². The average molecular weight is 265 g/mol. The van der Waals surface area contributed by atoms with E-state index < -0.39 is 11.5 Å². The van der Waals surface area contributed by atoms with E-state index >= 15 is 0 Å². The molecule has 1 rings (SSSR count). The molecule has 19 heavy (non-hydrogen) atoms. The first-order chi connectivity index (χ1) is 8.94. The zero-order valence-corrected chi connectivity index (χ0v) is 11.2. The van der Waals surface area contributed by atoms with Gasteiger partial charge >= 0.3 is 5.97 Å². The quantitative estimate of drug-likeness (QED) is 0.734. The van der Waals surface area contributed by atoms with Crippen molar-refractivity contribution in [2.75, 3.05) is 6.61 Å². The Morgan fingerprint density at radius 2 is 1.95 bits per heavy atom. The van der Waals surface area contributed by atoms with Crippen molar-refractivity contribution in [2.24, 2.45) is 0 Å². The van der Waals surface area contributed by atoms with Gasteiger partial charge in [0.2, 0.25) is 5.91 Å². The zero-order chi connectivity index (χ0) is 14.3. The van der Waals surface area contributed by atoms with E-state index in [4.69, 9.17) is 9.84 Å². The molecule has 0 fully saturated rings. The number of hydrogen-bond donors (Lipinski definition) is 2. The van der Waals surface area contributed by atoms with Crippen LogP contribution >= 0.6 is 0 Å². The second-order valence-electron chi connectivity index (χ2n) is 4.61. The number of aliphatic carboxylic acids is 1. The lowest BCUT2D eigenvalue weighted by Gasteiger charge is -2.25. The first-order valence-corrected chi connectivity index (χ1v) is 6.08. The highest BCUT2D eigenvalue weighted by Gasteiger charge is 2.33. The summed E-state index contributed by atoms with van der Waals surface area (Å²) < 4.78 is 5.43. The van der Waals surface area contributed by atoms with Crippen LogP contribution in [0.3, 0.4) is 0 Å². The lowest BCUT2D eigenvalue weighted by Crippen LogP contribution is -2.52. The molecule has 5 heteroatoms. The van der Waals surface area contributed by atoms with Crippen LogP contribution in [0.4, 0.5) is 0 Å². The minimum Gasteiger partial charge on any atom is -0.480 e. The molecule has 104 valence electrons. The predicted molar refractivity (Wildman–Crippen MR) is 70.6 cm³/mol. The number of hydrogen-bond acceptors (Lipinski definition) is 3. The lowest BCUT2D eigenvalue weighted by molar-refractivity contribution is -0.147. The Kier molecular flexibility index (Phi) is 5.51. The monoisotopic (exact) mass is 265 g/mol. The van der Waals surface area contributed by atoms with Crippen molar-refractivity contribution in [1.82, 2.24) is 5.32 Å². The summed E-state index contributed by atoms with van der Waals surface area (Å²) in [6.45, 7) is 3.46. The molecule has 0 saturated carbocycles. The molecule has 1 amide bonds. The molecule has 5 nitrogen and oxygen atoms in total. The SMILES string of the molecule is CC(=O)N[C@](C)(CCOCc1ccccc1)C(=O)O. The zero-order valence-electron chi connectivity index (χ0n) is 11.2. The smallest absolute Gasteiger partial charge is 0.329 e. The van der Waals surface area contributed by atoms with E-state index in [9.17, 15) is 9.59 Å². The Morgan fingerprint density at radius 3 is 2.47 bits per heavy atom. The summed E-state index contributed by atoms with van der Waals surface area (Å²) in [5.74, 6) is -1.43. The lowest BCUT2D eigenvalue weighted by atomic mass is 9.98. The van der Waals surface area contributed by atoms with Gasteiger partial charge in [0.05, 0.1) is 6.61 Å². The third-order valence-corrected chi connectivity index (χ3v) is 2.78. The first-order valence-electron chi connectivity index (χ1n) is 6.08. The minimum atomic E-state index is -1.29. The maximum atomic E-state index is 11.2. The van der Waals surface area contributed by atoms with Crippen molar-refractivity contribution >= 4 is 11.9 Å². The van der Waals surface area contributed by atoms with E-state index in [0.717, 1.165) is 5.56 Å². The van der Waals surface area contributed by atoms with Crippen molar-refractivity contribution in [3.8, 4) is 0 Å². The first kappa shape index (κ1) is 15.2. The molecule has 0 heterocycles. The number of benzene rings is 1. The number of carbonyl (C=O) groups is 2. The minimum absolute atomic E-state index is 0.217. The summed E-state index contributed by atoms with van der Waals surface area (Å²) in [5.41, 5.74) is -0.262. The fourth-order valence-electron chi connectivity index (χ4n) is 1.65. The van der Waals surface area contributed by atoms with Crippen molar-refractivity contribution in [2.45, 2.75) is 32.4 Å². The summed E-state index contributed by atoms with van der Waals surface area (Å²) in [5, 5.41) is 11.6. The number of carboxylic acid groups (broad SMARTS) is 1. The van der Waals surface area contributed by atoms with E-state index in [0.29, 0.717) is 6.61 Å². The van der Waals surface area contributed by atoms with Gasteiger partial charge < -0.3 is 15.2 Å². The topological polar surface area (TPSA) is 75.6 Å². The Hall–Kier alpha value is -1.88. The van der Waals surface area contributed by atoms with Crippen LogP contribution in [0.1, 0.15) is 25.8 Å². The van der Waals surface area contributed by atoms with Crippen LogP contribution in [-0.4, -0.2) is 29.1 Å². The molecule has 0 aromatic heterocycles. The summed E-state index contributed by atoms with van der Waals surface area (Å²) in [6.07, 6.45) is 0.217. The molecular weight excluding hydrogens is 246 g/mol. The van der Waals surface area contributed by atoms with Gasteiger partial charge in [0.25, 0.3) is 0 Å². The fourth-order valence-corrected chi connectivity index (χ4v) is 1.65. The summed E-state index contributed by atoms with van der Waals surface area (Å²) in [4.78, 5) is 22.2. The molecular formula is C14H19NO4. The third kappa shape index (κ3) is 5.09. The maximum Gasteiger partial charge on any atom is 0.329 e. The Labute approximate surface area is 112 Å². The number of carbonyl (C=O) groups excluding carboxylic acids is 1. The second-order valence-corrected chi connectivity index (χ2v) is 4.61. The molecule has 0 aliphatic heterocycles. The number of ether oxygens (including phenoxy) is 1. The van der Waals surface area contributed by atoms with Gasteiger partial charge in [0.1, 0.15) is 5.54 Å². The van der Waals surface area contributed by atoms with Crippen LogP contribution in [0.25, 0.3) is 0 Å². The Morgan fingerprint density at radius 1 is 1.32 bits per heavy atom. The summed E-state index contributed by atoms with van der Waals surface area (Å²) in [6, 6.07) is 9.62. The average Bonchev–Trinajstić information content (AvgIpc) is 2.35. The molecule has 1 aromatic rings. The van der Waals surface area contributed by atoms with Crippen molar-refractivity contribution in [3.05, 3.63) is 35.9 Å². The van der Waals surface area contributed by atoms with Gasteiger partial charge in [-0.25, -0.2) is 4.79 Å². The number of nitrogens with one attached hydrogen (secondary N) is 1. The van der Waals surface area contributed by atoms with Crippen LogP contribution in [0.2, 0.25) is 0 Å². The molecule has 0 bridgehead atoms. The van der Waals surface area contributed by atoms with E-state index in [2.05, 4.69) is 5.32 Å². The van der Waals surface area contributed by atoms with Gasteiger partial charge in [-0.05, 0) is 12.5 Å². The van der Waals surface area contributed by atoms with Crippen LogP contribution in [0, 0.1) is 0 Å². The van der Waals surface area contributed by atoms with Crippen molar-refractivity contribution < 1.29 is 19.4 Å². The van der Waals surface area contributed by atoms with Gasteiger partial charge in [-0.3, -0.25) is 4.79 Å². The third-order valence-electron chi connectivity index (χ3n) is 2.78.